The molecule has 0 saturated carbocycles. The molecular formula is C20H29NO. The van der Waals surface area contributed by atoms with Crippen molar-refractivity contribution in [1.82, 2.24) is 4.98 Å². The molecule has 1 heterocycles. The van der Waals surface area contributed by atoms with Gasteiger partial charge >= 0.3 is 0 Å². The molecule has 0 aliphatic heterocycles. The van der Waals surface area contributed by atoms with Gasteiger partial charge in [-0.3, -0.25) is 9.78 Å². The van der Waals surface area contributed by atoms with Gasteiger partial charge in [-0.05, 0) is 31.5 Å². The van der Waals surface area contributed by atoms with Crippen LogP contribution in [-0.2, 0) is 16.6 Å². The lowest BCUT2D eigenvalue weighted by molar-refractivity contribution is -0.122. The standard InChI is InChI=1S/C16H17NO.2C2H6/c1-16(2,13-8-4-3-5-9-13)15(18)12-14-10-6-7-11-17-14;2*1-2/h3-11H,12H2,1-2H3;2*1-2H3. The molecule has 2 heteroatoms. The highest BCUT2D eigenvalue weighted by Crippen LogP contribution is 2.25. The van der Waals surface area contributed by atoms with Crippen molar-refractivity contribution >= 4 is 5.78 Å². The van der Waals surface area contributed by atoms with E-state index in [1.54, 1.807) is 6.20 Å². The number of carbonyl (C=O) groups is 1. The largest absolute Gasteiger partial charge is 0.298 e. The van der Waals surface area contributed by atoms with Crippen LogP contribution >= 0.6 is 0 Å². The molecule has 2 aromatic rings. The Balaban J connectivity index is 0.00000102. The number of hydrogen-bond donors (Lipinski definition) is 0. The first-order chi connectivity index (χ1) is 10.6. The Bertz CT molecular complexity index is 518. The molecule has 0 amide bonds. The first kappa shape index (κ1) is 20.0. The number of carbonyl (C=O) groups excluding carboxylic acids is 1. The number of hydrogen-bond acceptors (Lipinski definition) is 2. The Morgan fingerprint density at radius 2 is 1.45 bits per heavy atom. The summed E-state index contributed by atoms with van der Waals surface area (Å²) in [5, 5.41) is 0. The SMILES string of the molecule is CC.CC.CC(C)(C(=O)Cc1ccccn1)c1ccccc1. The van der Waals surface area contributed by atoms with Crippen LogP contribution in [0.1, 0.15) is 52.8 Å². The van der Waals surface area contributed by atoms with Gasteiger partial charge in [0.15, 0.2) is 0 Å². The van der Waals surface area contributed by atoms with Crippen LogP contribution in [0.5, 0.6) is 0 Å². The quantitative estimate of drug-likeness (QED) is 0.774. The van der Waals surface area contributed by atoms with E-state index in [9.17, 15) is 4.79 Å². The van der Waals surface area contributed by atoms with E-state index < -0.39 is 5.41 Å². The van der Waals surface area contributed by atoms with Crippen LogP contribution in [0.15, 0.2) is 54.7 Å². The van der Waals surface area contributed by atoms with Gasteiger partial charge < -0.3 is 0 Å². The van der Waals surface area contributed by atoms with E-state index in [1.807, 2.05) is 90.1 Å². The van der Waals surface area contributed by atoms with E-state index in [1.165, 1.54) is 0 Å². The number of aromatic nitrogens is 1. The number of benzene rings is 1. The van der Waals surface area contributed by atoms with Gasteiger partial charge in [-0.2, -0.15) is 0 Å². The summed E-state index contributed by atoms with van der Waals surface area (Å²) in [5.41, 5.74) is 1.40. The van der Waals surface area contributed by atoms with E-state index in [0.717, 1.165) is 11.3 Å². The summed E-state index contributed by atoms with van der Waals surface area (Å²) in [4.78, 5) is 16.6. The molecule has 1 aromatic heterocycles. The lowest BCUT2D eigenvalue weighted by atomic mass is 9.79. The lowest BCUT2D eigenvalue weighted by Crippen LogP contribution is -2.30. The zero-order valence-corrected chi connectivity index (χ0v) is 14.8. The van der Waals surface area contributed by atoms with Crippen LogP contribution in [0.2, 0.25) is 0 Å². The van der Waals surface area contributed by atoms with Gasteiger partial charge in [0.1, 0.15) is 5.78 Å². The molecule has 0 saturated heterocycles. The minimum absolute atomic E-state index is 0.187. The monoisotopic (exact) mass is 299 g/mol. The molecule has 0 aliphatic rings. The van der Waals surface area contributed by atoms with Crippen LogP contribution in [0, 0.1) is 0 Å². The highest BCUT2D eigenvalue weighted by atomic mass is 16.1. The maximum atomic E-state index is 12.4. The summed E-state index contributed by atoms with van der Waals surface area (Å²) < 4.78 is 0. The van der Waals surface area contributed by atoms with Gasteiger partial charge in [0.05, 0.1) is 0 Å². The molecule has 1 aromatic carbocycles. The first-order valence-corrected chi connectivity index (χ1v) is 8.09. The maximum absolute atomic E-state index is 12.4. The van der Waals surface area contributed by atoms with E-state index >= 15 is 0 Å². The van der Waals surface area contributed by atoms with Crippen molar-refractivity contribution in [2.75, 3.05) is 0 Å². The third-order valence-corrected chi connectivity index (χ3v) is 3.26. The van der Waals surface area contributed by atoms with Crippen molar-refractivity contribution in [1.29, 1.82) is 0 Å². The Morgan fingerprint density at radius 1 is 0.909 bits per heavy atom. The van der Waals surface area contributed by atoms with Crippen LogP contribution in [-0.4, -0.2) is 10.8 Å². The molecule has 2 rings (SSSR count). The molecule has 0 aliphatic carbocycles. The Kier molecular flexibility index (Phi) is 9.77. The Labute approximate surface area is 135 Å². The summed E-state index contributed by atoms with van der Waals surface area (Å²) in [5.74, 6) is 0.187. The van der Waals surface area contributed by atoms with Crippen LogP contribution in [0.25, 0.3) is 0 Å². The Hall–Kier alpha value is -1.96. The second kappa shape index (κ2) is 10.7. The van der Waals surface area contributed by atoms with Crippen LogP contribution in [0.4, 0.5) is 0 Å². The van der Waals surface area contributed by atoms with E-state index in [-0.39, 0.29) is 5.78 Å². The number of nitrogens with zero attached hydrogens (tertiary/aromatic N) is 1. The molecule has 0 N–H and O–H groups in total. The summed E-state index contributed by atoms with van der Waals surface area (Å²) in [6.07, 6.45) is 2.10. The summed E-state index contributed by atoms with van der Waals surface area (Å²) in [6.45, 7) is 11.9. The van der Waals surface area contributed by atoms with Gasteiger partial charge in [0.2, 0.25) is 0 Å². The average Bonchev–Trinajstić information content (AvgIpc) is 2.60. The molecule has 0 atom stereocenters. The fourth-order valence-corrected chi connectivity index (χ4v) is 1.90. The fourth-order valence-electron chi connectivity index (χ4n) is 1.90. The highest BCUT2D eigenvalue weighted by molar-refractivity contribution is 5.90. The minimum Gasteiger partial charge on any atom is -0.298 e. The molecule has 0 fully saturated rings. The van der Waals surface area contributed by atoms with Gasteiger partial charge in [0, 0.05) is 23.7 Å². The molecule has 120 valence electrons. The molecule has 0 bridgehead atoms. The third kappa shape index (κ3) is 5.80. The zero-order valence-electron chi connectivity index (χ0n) is 14.8. The number of rotatable bonds is 4. The topological polar surface area (TPSA) is 30.0 Å². The van der Waals surface area contributed by atoms with Gasteiger partial charge in [0.25, 0.3) is 0 Å². The fraction of sp³-hybridized carbons (Fsp3) is 0.400. The smallest absolute Gasteiger partial charge is 0.148 e. The normalized spacial score (nSPS) is 9.73. The lowest BCUT2D eigenvalue weighted by Gasteiger charge is -2.23. The second-order valence-corrected chi connectivity index (χ2v) is 4.91. The summed E-state index contributed by atoms with van der Waals surface area (Å²) in [6, 6.07) is 15.5. The van der Waals surface area contributed by atoms with Crippen molar-refractivity contribution in [3.63, 3.8) is 0 Å². The minimum atomic E-state index is -0.473. The zero-order chi connectivity index (χ0) is 17.0. The van der Waals surface area contributed by atoms with Crippen molar-refractivity contribution in [2.24, 2.45) is 0 Å². The van der Waals surface area contributed by atoms with E-state index in [2.05, 4.69) is 4.98 Å². The van der Waals surface area contributed by atoms with Gasteiger partial charge in [-0.1, -0.05) is 64.1 Å². The summed E-state index contributed by atoms with van der Waals surface area (Å²) >= 11 is 0. The first-order valence-electron chi connectivity index (χ1n) is 8.09. The molecule has 22 heavy (non-hydrogen) atoms. The third-order valence-electron chi connectivity index (χ3n) is 3.26. The van der Waals surface area contributed by atoms with Crippen molar-refractivity contribution in [2.45, 2.75) is 53.4 Å². The number of ketones is 1. The Morgan fingerprint density at radius 3 is 1.95 bits per heavy atom. The molecular weight excluding hydrogens is 270 g/mol. The van der Waals surface area contributed by atoms with Crippen LogP contribution < -0.4 is 0 Å². The maximum Gasteiger partial charge on any atom is 0.148 e. The number of pyridine rings is 1. The molecule has 0 unspecified atom stereocenters. The van der Waals surface area contributed by atoms with E-state index in [4.69, 9.17) is 0 Å². The average molecular weight is 299 g/mol. The second-order valence-electron chi connectivity index (χ2n) is 4.91. The summed E-state index contributed by atoms with van der Waals surface area (Å²) in [7, 11) is 0. The predicted molar refractivity (Wildman–Crippen MR) is 95.1 cm³/mol. The molecule has 2 nitrogen and oxygen atoms in total. The predicted octanol–water partition coefficient (Wildman–Crippen LogP) is 5.22. The molecule has 0 spiro atoms. The van der Waals surface area contributed by atoms with Gasteiger partial charge in [-0.15, -0.1) is 0 Å². The van der Waals surface area contributed by atoms with Crippen molar-refractivity contribution < 1.29 is 4.79 Å². The van der Waals surface area contributed by atoms with Crippen LogP contribution in [0.3, 0.4) is 0 Å². The number of Topliss-reactive ketones (excluding diaryl/α,β-unsaturated/α-hetero) is 1. The van der Waals surface area contributed by atoms with Gasteiger partial charge in [-0.25, -0.2) is 0 Å². The van der Waals surface area contributed by atoms with E-state index in [0.29, 0.717) is 6.42 Å². The molecule has 0 radical (unpaired) electrons. The highest BCUT2D eigenvalue weighted by Gasteiger charge is 2.29. The van der Waals surface area contributed by atoms with Crippen molar-refractivity contribution in [3.05, 3.63) is 66.0 Å². The van der Waals surface area contributed by atoms with Crippen molar-refractivity contribution in [3.8, 4) is 0 Å².